The number of rotatable bonds is 9. The van der Waals surface area contributed by atoms with Gasteiger partial charge in [-0.1, -0.05) is 6.07 Å². The second-order valence-electron chi connectivity index (χ2n) is 8.50. The Hall–Kier alpha value is -3.33. The van der Waals surface area contributed by atoms with Gasteiger partial charge in [0, 0.05) is 57.2 Å². The first kappa shape index (κ1) is 23.8. The van der Waals surface area contributed by atoms with Crippen LogP contribution in [0.4, 0.5) is 5.69 Å². The van der Waals surface area contributed by atoms with Crippen molar-refractivity contribution in [3.63, 3.8) is 0 Å². The van der Waals surface area contributed by atoms with Crippen molar-refractivity contribution in [2.24, 2.45) is 5.92 Å². The number of nitrogens with zero attached hydrogens (tertiary/aromatic N) is 3. The summed E-state index contributed by atoms with van der Waals surface area (Å²) in [6.45, 7) is 1.94. The summed E-state index contributed by atoms with van der Waals surface area (Å²) in [5.74, 6) is 0.734. The summed E-state index contributed by atoms with van der Waals surface area (Å²) in [5, 5.41) is 0. The molecule has 0 N–H and O–H groups in total. The molecule has 0 radical (unpaired) electrons. The first-order valence-electron chi connectivity index (χ1n) is 11.4. The molecule has 2 unspecified atom stereocenters. The predicted octanol–water partition coefficient (Wildman–Crippen LogP) is 2.67. The molecule has 0 saturated carbocycles. The molecule has 0 bridgehead atoms. The standard InChI is InChI=1S/C25H31N3O6/c1-31-21-11-19(12-22(32-2)24(21)33-3)28-15-18(10-23(28)29)25(30)27(16-20-7-5-9-34-20)14-17-6-4-8-26-13-17/h4,6,8,11-13,18,20H,5,7,9-10,14-16H2,1-3H3. The minimum Gasteiger partial charge on any atom is -0.493 e. The highest BCUT2D eigenvalue weighted by Crippen LogP contribution is 2.42. The molecular formula is C25H31N3O6. The Morgan fingerprint density at radius 3 is 2.56 bits per heavy atom. The van der Waals surface area contributed by atoms with E-state index in [-0.39, 0.29) is 30.9 Å². The summed E-state index contributed by atoms with van der Waals surface area (Å²) in [7, 11) is 4.59. The fraction of sp³-hybridized carbons (Fsp3) is 0.480. The normalized spacial score (nSPS) is 19.9. The monoisotopic (exact) mass is 469 g/mol. The number of hydrogen-bond acceptors (Lipinski definition) is 7. The average Bonchev–Trinajstić information content (AvgIpc) is 3.52. The largest absolute Gasteiger partial charge is 0.493 e. The second kappa shape index (κ2) is 10.7. The van der Waals surface area contributed by atoms with Crippen molar-refractivity contribution in [2.45, 2.75) is 31.9 Å². The number of ether oxygens (including phenoxy) is 4. The van der Waals surface area contributed by atoms with Crippen LogP contribution in [-0.2, 0) is 20.9 Å². The van der Waals surface area contributed by atoms with Gasteiger partial charge in [-0.3, -0.25) is 14.6 Å². The Morgan fingerprint density at radius 2 is 1.97 bits per heavy atom. The maximum absolute atomic E-state index is 13.6. The number of amides is 2. The van der Waals surface area contributed by atoms with E-state index in [1.54, 1.807) is 29.4 Å². The van der Waals surface area contributed by atoms with Crippen molar-refractivity contribution < 1.29 is 28.5 Å². The molecule has 0 spiro atoms. The van der Waals surface area contributed by atoms with Gasteiger partial charge in [0.25, 0.3) is 0 Å². The summed E-state index contributed by atoms with van der Waals surface area (Å²) in [4.78, 5) is 34.2. The summed E-state index contributed by atoms with van der Waals surface area (Å²) in [5.41, 5.74) is 1.55. The van der Waals surface area contributed by atoms with Gasteiger partial charge in [0.2, 0.25) is 17.6 Å². The Balaban J connectivity index is 1.54. The third-order valence-electron chi connectivity index (χ3n) is 6.29. The van der Waals surface area contributed by atoms with Crippen molar-refractivity contribution >= 4 is 17.5 Å². The molecule has 9 heteroatoms. The smallest absolute Gasteiger partial charge is 0.228 e. The van der Waals surface area contributed by atoms with Crippen LogP contribution in [0, 0.1) is 5.92 Å². The third kappa shape index (κ3) is 5.09. The lowest BCUT2D eigenvalue weighted by Crippen LogP contribution is -2.41. The van der Waals surface area contributed by atoms with Gasteiger partial charge < -0.3 is 28.7 Å². The summed E-state index contributed by atoms with van der Waals surface area (Å²) >= 11 is 0. The molecule has 4 rings (SSSR count). The number of methoxy groups -OCH3 is 3. The first-order chi connectivity index (χ1) is 16.5. The van der Waals surface area contributed by atoms with Gasteiger partial charge in [-0.25, -0.2) is 0 Å². The Kier molecular flexibility index (Phi) is 7.52. The highest BCUT2D eigenvalue weighted by atomic mass is 16.5. The van der Waals surface area contributed by atoms with Crippen molar-refractivity contribution in [3.8, 4) is 17.2 Å². The molecule has 2 atom stereocenters. The zero-order valence-corrected chi connectivity index (χ0v) is 19.9. The van der Waals surface area contributed by atoms with Crippen LogP contribution in [0.2, 0.25) is 0 Å². The Morgan fingerprint density at radius 1 is 1.21 bits per heavy atom. The van der Waals surface area contributed by atoms with E-state index in [1.807, 2.05) is 17.0 Å². The quantitative estimate of drug-likeness (QED) is 0.558. The SMILES string of the molecule is COc1cc(N2CC(C(=O)N(Cc3cccnc3)CC3CCCO3)CC2=O)cc(OC)c1OC. The molecule has 2 aliphatic heterocycles. The molecule has 182 valence electrons. The molecule has 1 aromatic carbocycles. The zero-order valence-electron chi connectivity index (χ0n) is 19.9. The van der Waals surface area contributed by atoms with Crippen molar-refractivity contribution in [1.29, 1.82) is 0 Å². The molecule has 1 aromatic heterocycles. The fourth-order valence-corrected chi connectivity index (χ4v) is 4.58. The van der Waals surface area contributed by atoms with E-state index < -0.39 is 5.92 Å². The number of carbonyl (C=O) groups excluding carboxylic acids is 2. The van der Waals surface area contributed by atoms with Gasteiger partial charge >= 0.3 is 0 Å². The number of anilines is 1. The van der Waals surface area contributed by atoms with Gasteiger partial charge in [-0.2, -0.15) is 0 Å². The zero-order chi connectivity index (χ0) is 24.1. The molecule has 34 heavy (non-hydrogen) atoms. The molecular weight excluding hydrogens is 438 g/mol. The fourth-order valence-electron chi connectivity index (χ4n) is 4.58. The van der Waals surface area contributed by atoms with Crippen LogP contribution < -0.4 is 19.1 Å². The van der Waals surface area contributed by atoms with E-state index in [4.69, 9.17) is 18.9 Å². The van der Waals surface area contributed by atoms with Gasteiger partial charge in [0.15, 0.2) is 11.5 Å². The first-order valence-corrected chi connectivity index (χ1v) is 11.4. The highest BCUT2D eigenvalue weighted by Gasteiger charge is 2.38. The van der Waals surface area contributed by atoms with E-state index in [0.29, 0.717) is 36.0 Å². The highest BCUT2D eigenvalue weighted by molar-refractivity contribution is 6.00. The molecule has 2 aromatic rings. The lowest BCUT2D eigenvalue weighted by molar-refractivity contribution is -0.138. The summed E-state index contributed by atoms with van der Waals surface area (Å²) in [6.07, 6.45) is 5.56. The van der Waals surface area contributed by atoms with Crippen molar-refractivity contribution in [1.82, 2.24) is 9.88 Å². The minimum absolute atomic E-state index is 0.0175. The van der Waals surface area contributed by atoms with Crippen molar-refractivity contribution in [3.05, 3.63) is 42.2 Å². The lowest BCUT2D eigenvalue weighted by Gasteiger charge is -2.28. The number of carbonyl (C=O) groups is 2. The number of benzene rings is 1. The van der Waals surface area contributed by atoms with Gasteiger partial charge in [0.05, 0.1) is 39.0 Å². The summed E-state index contributed by atoms with van der Waals surface area (Å²) < 4.78 is 22.0. The van der Waals surface area contributed by atoms with Gasteiger partial charge in [0.1, 0.15) is 0 Å². The van der Waals surface area contributed by atoms with Crippen molar-refractivity contribution in [2.75, 3.05) is 45.9 Å². The maximum atomic E-state index is 13.6. The molecule has 9 nitrogen and oxygen atoms in total. The molecule has 2 amide bonds. The number of hydrogen-bond donors (Lipinski definition) is 0. The van der Waals surface area contributed by atoms with Gasteiger partial charge in [-0.05, 0) is 24.5 Å². The van der Waals surface area contributed by atoms with Crippen LogP contribution in [0.25, 0.3) is 0 Å². The average molecular weight is 470 g/mol. The van der Waals surface area contributed by atoms with Crippen LogP contribution in [0.3, 0.4) is 0 Å². The molecule has 2 saturated heterocycles. The van der Waals surface area contributed by atoms with Crippen LogP contribution in [0.15, 0.2) is 36.7 Å². The van der Waals surface area contributed by atoms with Crippen LogP contribution in [0.5, 0.6) is 17.2 Å². The minimum atomic E-state index is -0.454. The van der Waals surface area contributed by atoms with Crippen LogP contribution in [-0.4, -0.2) is 68.8 Å². The van der Waals surface area contributed by atoms with Gasteiger partial charge in [-0.15, -0.1) is 0 Å². The molecule has 2 aliphatic rings. The van der Waals surface area contributed by atoms with E-state index >= 15 is 0 Å². The number of pyridine rings is 1. The van der Waals surface area contributed by atoms with E-state index in [1.165, 1.54) is 21.3 Å². The molecule has 2 fully saturated rings. The van der Waals surface area contributed by atoms with E-state index in [0.717, 1.165) is 25.0 Å². The van der Waals surface area contributed by atoms with E-state index in [9.17, 15) is 9.59 Å². The maximum Gasteiger partial charge on any atom is 0.228 e. The topological polar surface area (TPSA) is 90.4 Å². The lowest BCUT2D eigenvalue weighted by atomic mass is 10.1. The predicted molar refractivity (Wildman–Crippen MR) is 125 cm³/mol. The molecule has 3 heterocycles. The van der Waals surface area contributed by atoms with Crippen LogP contribution >= 0.6 is 0 Å². The second-order valence-corrected chi connectivity index (χ2v) is 8.50. The third-order valence-corrected chi connectivity index (χ3v) is 6.29. The Labute approximate surface area is 199 Å². The Bertz CT molecular complexity index is 984. The molecule has 0 aliphatic carbocycles. The summed E-state index contributed by atoms with van der Waals surface area (Å²) in [6, 6.07) is 7.26. The van der Waals surface area contributed by atoms with Crippen LogP contribution in [0.1, 0.15) is 24.8 Å². The number of aromatic nitrogens is 1. The van der Waals surface area contributed by atoms with E-state index in [2.05, 4.69) is 4.98 Å².